The Kier molecular flexibility index (Phi) is 4.80. The molecule has 1 aliphatic rings. The van der Waals surface area contributed by atoms with E-state index in [1.54, 1.807) is 11.8 Å². The number of amides is 1. The molecule has 128 valence electrons. The second-order valence-electron chi connectivity index (χ2n) is 6.18. The average Bonchev–Trinajstić information content (AvgIpc) is 2.98. The van der Waals surface area contributed by atoms with E-state index in [0.29, 0.717) is 11.6 Å². The molecular weight excluding hydrogens is 306 g/mol. The lowest BCUT2D eigenvalue weighted by Gasteiger charge is -2.29. The minimum absolute atomic E-state index is 0.161. The summed E-state index contributed by atoms with van der Waals surface area (Å²) in [5, 5.41) is 14.6. The number of rotatable bonds is 4. The van der Waals surface area contributed by atoms with E-state index in [-0.39, 0.29) is 11.9 Å². The summed E-state index contributed by atoms with van der Waals surface area (Å²) < 4.78 is 6.83. The summed E-state index contributed by atoms with van der Waals surface area (Å²) in [6, 6.07) is 7.65. The highest BCUT2D eigenvalue weighted by molar-refractivity contribution is 5.93. The van der Waals surface area contributed by atoms with Gasteiger partial charge in [-0.15, -0.1) is 5.10 Å². The fraction of sp³-hybridized carbons (Fsp3) is 0.471. The fourth-order valence-electron chi connectivity index (χ4n) is 2.97. The number of piperidine rings is 1. The predicted molar refractivity (Wildman–Crippen MR) is 90.6 cm³/mol. The van der Waals surface area contributed by atoms with Gasteiger partial charge >= 0.3 is 0 Å². The molecule has 2 unspecified atom stereocenters. The van der Waals surface area contributed by atoms with Crippen LogP contribution in [0.3, 0.4) is 0 Å². The number of carbonyl (C=O) groups is 1. The maximum atomic E-state index is 12.6. The molecule has 0 bridgehead atoms. The first kappa shape index (κ1) is 16.4. The number of nitrogens with zero attached hydrogens (tertiary/aromatic N) is 3. The lowest BCUT2D eigenvalue weighted by molar-refractivity contribution is 0.0908. The van der Waals surface area contributed by atoms with Crippen LogP contribution in [0, 0.1) is 12.8 Å². The van der Waals surface area contributed by atoms with E-state index >= 15 is 0 Å². The van der Waals surface area contributed by atoms with Crippen LogP contribution in [0.15, 0.2) is 24.3 Å². The third-order valence-electron chi connectivity index (χ3n) is 4.53. The largest absolute Gasteiger partial charge is 0.497 e. The Bertz CT molecular complexity index is 710. The monoisotopic (exact) mass is 329 g/mol. The molecule has 1 aromatic heterocycles. The summed E-state index contributed by atoms with van der Waals surface area (Å²) >= 11 is 0. The Morgan fingerprint density at radius 1 is 1.38 bits per heavy atom. The SMILES string of the molecule is COc1ccc(-n2nnc(C(=O)NC3CCNCC3C)c2C)cc1. The van der Waals surface area contributed by atoms with E-state index in [9.17, 15) is 4.79 Å². The smallest absolute Gasteiger partial charge is 0.273 e. The lowest BCUT2D eigenvalue weighted by Crippen LogP contribution is -2.48. The summed E-state index contributed by atoms with van der Waals surface area (Å²) in [6.45, 7) is 5.83. The van der Waals surface area contributed by atoms with Crippen LogP contribution in [0.1, 0.15) is 29.5 Å². The summed E-state index contributed by atoms with van der Waals surface area (Å²) in [6.07, 6.45) is 0.929. The van der Waals surface area contributed by atoms with E-state index in [0.717, 1.165) is 36.6 Å². The molecule has 1 aliphatic heterocycles. The van der Waals surface area contributed by atoms with E-state index in [1.165, 1.54) is 0 Å². The van der Waals surface area contributed by atoms with Crippen molar-refractivity contribution in [2.24, 2.45) is 5.92 Å². The number of hydrogen-bond donors (Lipinski definition) is 2. The Morgan fingerprint density at radius 2 is 2.12 bits per heavy atom. The molecule has 1 aromatic carbocycles. The Morgan fingerprint density at radius 3 is 2.79 bits per heavy atom. The minimum Gasteiger partial charge on any atom is -0.497 e. The van der Waals surface area contributed by atoms with Crippen molar-refractivity contribution in [2.45, 2.75) is 26.3 Å². The second-order valence-corrected chi connectivity index (χ2v) is 6.18. The zero-order valence-electron chi connectivity index (χ0n) is 14.2. The van der Waals surface area contributed by atoms with Gasteiger partial charge in [-0.3, -0.25) is 4.79 Å². The molecule has 0 radical (unpaired) electrons. The van der Waals surface area contributed by atoms with Gasteiger partial charge in [-0.25, -0.2) is 4.68 Å². The molecule has 2 atom stereocenters. The molecule has 1 saturated heterocycles. The predicted octanol–water partition coefficient (Wildman–Crippen LogP) is 1.31. The molecule has 7 nitrogen and oxygen atoms in total. The van der Waals surface area contributed by atoms with Gasteiger partial charge in [-0.1, -0.05) is 12.1 Å². The van der Waals surface area contributed by atoms with Crippen LogP contribution in [0.5, 0.6) is 5.75 Å². The van der Waals surface area contributed by atoms with Crippen molar-refractivity contribution in [1.29, 1.82) is 0 Å². The lowest BCUT2D eigenvalue weighted by atomic mass is 9.95. The maximum absolute atomic E-state index is 12.6. The van der Waals surface area contributed by atoms with E-state index in [1.807, 2.05) is 31.2 Å². The summed E-state index contributed by atoms with van der Waals surface area (Å²) in [7, 11) is 1.62. The molecule has 7 heteroatoms. The van der Waals surface area contributed by atoms with E-state index in [2.05, 4.69) is 27.9 Å². The number of aromatic nitrogens is 3. The Labute approximate surface area is 141 Å². The topological polar surface area (TPSA) is 81.1 Å². The van der Waals surface area contributed by atoms with Gasteiger partial charge in [0.05, 0.1) is 18.5 Å². The zero-order chi connectivity index (χ0) is 17.1. The number of nitrogens with one attached hydrogen (secondary N) is 2. The van der Waals surface area contributed by atoms with Gasteiger partial charge in [0.2, 0.25) is 0 Å². The minimum atomic E-state index is -0.161. The Hall–Kier alpha value is -2.41. The first-order chi connectivity index (χ1) is 11.6. The third kappa shape index (κ3) is 3.26. The highest BCUT2D eigenvalue weighted by Crippen LogP contribution is 2.17. The van der Waals surface area contributed by atoms with Gasteiger partial charge in [-0.05, 0) is 56.6 Å². The second kappa shape index (κ2) is 7.00. The van der Waals surface area contributed by atoms with Gasteiger partial charge in [0.15, 0.2) is 5.69 Å². The van der Waals surface area contributed by atoms with Crippen molar-refractivity contribution < 1.29 is 9.53 Å². The van der Waals surface area contributed by atoms with Gasteiger partial charge in [0.25, 0.3) is 5.91 Å². The number of hydrogen-bond acceptors (Lipinski definition) is 5. The van der Waals surface area contributed by atoms with E-state index < -0.39 is 0 Å². The zero-order valence-corrected chi connectivity index (χ0v) is 14.2. The quantitative estimate of drug-likeness (QED) is 0.884. The van der Waals surface area contributed by atoms with Crippen molar-refractivity contribution in [2.75, 3.05) is 20.2 Å². The fourth-order valence-corrected chi connectivity index (χ4v) is 2.97. The summed E-state index contributed by atoms with van der Waals surface area (Å²) in [5.74, 6) is 1.01. The van der Waals surface area contributed by atoms with Crippen molar-refractivity contribution in [3.8, 4) is 11.4 Å². The van der Waals surface area contributed by atoms with Crippen LogP contribution in [-0.2, 0) is 0 Å². The molecule has 1 amide bonds. The molecule has 24 heavy (non-hydrogen) atoms. The number of carbonyl (C=O) groups excluding carboxylic acids is 1. The van der Waals surface area contributed by atoms with Crippen molar-refractivity contribution in [3.63, 3.8) is 0 Å². The van der Waals surface area contributed by atoms with Crippen molar-refractivity contribution >= 4 is 5.91 Å². The molecule has 2 N–H and O–H groups in total. The first-order valence-corrected chi connectivity index (χ1v) is 8.18. The highest BCUT2D eigenvalue weighted by Gasteiger charge is 2.25. The summed E-state index contributed by atoms with van der Waals surface area (Å²) in [4.78, 5) is 12.6. The highest BCUT2D eigenvalue weighted by atomic mass is 16.5. The standard InChI is InChI=1S/C17H23N5O2/c1-11-10-18-9-8-15(11)19-17(23)16-12(2)22(21-20-16)13-4-6-14(24-3)7-5-13/h4-7,11,15,18H,8-10H2,1-3H3,(H,19,23). The van der Waals surface area contributed by atoms with Gasteiger partial charge < -0.3 is 15.4 Å². The Balaban J connectivity index is 1.77. The molecule has 0 aliphatic carbocycles. The van der Waals surface area contributed by atoms with Crippen LogP contribution >= 0.6 is 0 Å². The van der Waals surface area contributed by atoms with Crippen LogP contribution in [0.2, 0.25) is 0 Å². The third-order valence-corrected chi connectivity index (χ3v) is 4.53. The maximum Gasteiger partial charge on any atom is 0.273 e. The van der Waals surface area contributed by atoms with Crippen LogP contribution in [0.4, 0.5) is 0 Å². The summed E-state index contributed by atoms with van der Waals surface area (Å²) in [5.41, 5.74) is 1.94. The van der Waals surface area contributed by atoms with Crippen LogP contribution < -0.4 is 15.4 Å². The van der Waals surface area contributed by atoms with Crippen LogP contribution in [-0.4, -0.2) is 47.1 Å². The molecule has 2 heterocycles. The molecule has 0 spiro atoms. The molecule has 1 fully saturated rings. The number of ether oxygens (including phenoxy) is 1. The molecule has 0 saturated carbocycles. The molecule has 3 rings (SSSR count). The number of benzene rings is 1. The average molecular weight is 329 g/mol. The molecular formula is C17H23N5O2. The number of methoxy groups -OCH3 is 1. The van der Waals surface area contributed by atoms with Crippen molar-refractivity contribution in [1.82, 2.24) is 25.6 Å². The molecule has 2 aromatic rings. The van der Waals surface area contributed by atoms with Crippen LogP contribution in [0.25, 0.3) is 5.69 Å². The van der Waals surface area contributed by atoms with Gasteiger partial charge in [0, 0.05) is 6.04 Å². The normalized spacial score (nSPS) is 20.6. The van der Waals surface area contributed by atoms with Gasteiger partial charge in [-0.2, -0.15) is 0 Å². The van der Waals surface area contributed by atoms with Crippen molar-refractivity contribution in [3.05, 3.63) is 35.7 Å². The van der Waals surface area contributed by atoms with Gasteiger partial charge in [0.1, 0.15) is 5.75 Å². The van der Waals surface area contributed by atoms with E-state index in [4.69, 9.17) is 4.74 Å². The first-order valence-electron chi connectivity index (χ1n) is 8.18.